The first-order valence-corrected chi connectivity index (χ1v) is 12.0. The number of H-pyrrole nitrogens is 1. The average Bonchev–Trinajstić information content (AvgIpc) is 3.56. The topological polar surface area (TPSA) is 234 Å². The van der Waals surface area contributed by atoms with Crippen molar-refractivity contribution in [1.29, 1.82) is 0 Å². The number of aromatic nitrogens is 2. The fourth-order valence-electron chi connectivity index (χ4n) is 4.24. The van der Waals surface area contributed by atoms with Gasteiger partial charge in [0.2, 0.25) is 23.6 Å². The summed E-state index contributed by atoms with van der Waals surface area (Å²) in [5, 5.41) is 24.0. The third-order valence-corrected chi connectivity index (χ3v) is 6.18. The average molecular weight is 530 g/mol. The van der Waals surface area contributed by atoms with Crippen molar-refractivity contribution in [2.24, 2.45) is 11.5 Å². The van der Waals surface area contributed by atoms with E-state index in [2.05, 4.69) is 20.6 Å². The zero-order valence-electron chi connectivity index (χ0n) is 20.5. The molecule has 4 unspecified atom stereocenters. The van der Waals surface area contributed by atoms with E-state index in [1.807, 2.05) is 0 Å². The summed E-state index contributed by atoms with van der Waals surface area (Å²) in [6, 6.07) is 1.16. The van der Waals surface area contributed by atoms with Crippen LogP contribution >= 0.6 is 0 Å². The molecule has 0 spiro atoms. The van der Waals surface area contributed by atoms with Crippen molar-refractivity contribution >= 4 is 29.6 Å². The maximum atomic E-state index is 13.3. The van der Waals surface area contributed by atoms with Gasteiger partial charge in [0.05, 0.1) is 18.8 Å². The molecule has 38 heavy (non-hydrogen) atoms. The monoisotopic (exact) mass is 529 g/mol. The number of carbonyl (C=O) groups is 5. The third kappa shape index (κ3) is 7.52. The van der Waals surface area contributed by atoms with Gasteiger partial charge in [0.25, 0.3) is 0 Å². The molecule has 2 aromatic rings. The van der Waals surface area contributed by atoms with E-state index in [0.29, 0.717) is 17.7 Å². The Bertz CT molecular complexity index is 1150. The summed E-state index contributed by atoms with van der Waals surface area (Å²) >= 11 is 0. The Morgan fingerprint density at radius 3 is 2.37 bits per heavy atom. The molecule has 3 rings (SSSR count). The number of nitrogens with zero attached hydrogens (tertiary/aromatic N) is 2. The number of likely N-dealkylation sites (tertiary alicyclic amines) is 1. The summed E-state index contributed by atoms with van der Waals surface area (Å²) in [5.74, 6) is -4.27. The van der Waals surface area contributed by atoms with E-state index in [-0.39, 0.29) is 31.6 Å². The standard InChI is InChI=1S/C24H31N7O7/c25-16(9-14-11-27-12-28-14)21(34)29-17(8-13-3-5-15(32)6-4-13)22(35)30-18(10-20(26)33)23(36)31-7-1-2-19(31)24(37)38/h3-6,11-12,16-19,32H,1-2,7-10,25H2,(H2,26,33)(H,27,28)(H,29,34)(H,30,35)(H,37,38). The molecule has 0 bridgehead atoms. The number of rotatable bonds is 12. The number of phenolic OH excluding ortho intramolecular Hbond substituents is 1. The van der Waals surface area contributed by atoms with Crippen molar-refractivity contribution < 1.29 is 34.2 Å². The fourth-order valence-corrected chi connectivity index (χ4v) is 4.24. The number of phenols is 1. The zero-order valence-corrected chi connectivity index (χ0v) is 20.5. The van der Waals surface area contributed by atoms with Gasteiger partial charge in [0.1, 0.15) is 23.9 Å². The van der Waals surface area contributed by atoms with E-state index in [4.69, 9.17) is 11.5 Å². The Hall–Kier alpha value is -4.46. The lowest BCUT2D eigenvalue weighted by Gasteiger charge is -2.28. The van der Waals surface area contributed by atoms with Crippen LogP contribution in [0.2, 0.25) is 0 Å². The highest BCUT2D eigenvalue weighted by atomic mass is 16.4. The van der Waals surface area contributed by atoms with Crippen molar-refractivity contribution in [1.82, 2.24) is 25.5 Å². The SMILES string of the molecule is NC(=O)CC(NC(=O)C(Cc1ccc(O)cc1)NC(=O)C(N)Cc1cnc[nH]1)C(=O)N1CCCC1C(=O)O. The van der Waals surface area contributed by atoms with Gasteiger partial charge in [-0.1, -0.05) is 12.1 Å². The van der Waals surface area contributed by atoms with Crippen LogP contribution in [-0.4, -0.2) is 85.4 Å². The molecule has 204 valence electrons. The molecule has 4 amide bonds. The highest BCUT2D eigenvalue weighted by molar-refractivity contribution is 5.96. The highest BCUT2D eigenvalue weighted by Crippen LogP contribution is 2.19. The summed E-state index contributed by atoms with van der Waals surface area (Å²) < 4.78 is 0. The van der Waals surface area contributed by atoms with Gasteiger partial charge in [-0.25, -0.2) is 9.78 Å². The Balaban J connectivity index is 1.79. The van der Waals surface area contributed by atoms with Crippen LogP contribution in [0.5, 0.6) is 5.75 Å². The van der Waals surface area contributed by atoms with E-state index >= 15 is 0 Å². The number of carboxylic acid groups (broad SMARTS) is 1. The number of primary amides is 1. The van der Waals surface area contributed by atoms with Crippen molar-refractivity contribution in [3.63, 3.8) is 0 Å². The number of amides is 4. The molecule has 0 saturated carbocycles. The molecule has 9 N–H and O–H groups in total. The molecular weight excluding hydrogens is 498 g/mol. The molecule has 1 aliphatic heterocycles. The summed E-state index contributed by atoms with van der Waals surface area (Å²) in [6.07, 6.45) is 3.16. The number of aromatic amines is 1. The van der Waals surface area contributed by atoms with Crippen LogP contribution in [0.3, 0.4) is 0 Å². The number of imidazole rings is 1. The van der Waals surface area contributed by atoms with Gasteiger partial charge in [0, 0.05) is 31.3 Å². The minimum atomic E-state index is -1.43. The molecule has 14 nitrogen and oxygen atoms in total. The molecular formula is C24H31N7O7. The second kappa shape index (κ2) is 12.7. The zero-order chi connectivity index (χ0) is 27.8. The molecule has 1 saturated heterocycles. The van der Waals surface area contributed by atoms with Crippen LogP contribution in [-0.2, 0) is 36.8 Å². The maximum Gasteiger partial charge on any atom is 0.326 e. The number of benzene rings is 1. The predicted octanol–water partition coefficient (Wildman–Crippen LogP) is -1.85. The number of carbonyl (C=O) groups excluding carboxylic acids is 4. The van der Waals surface area contributed by atoms with Crippen LogP contribution in [0.15, 0.2) is 36.8 Å². The number of hydrogen-bond donors (Lipinski definition) is 7. The van der Waals surface area contributed by atoms with E-state index in [1.165, 1.54) is 24.7 Å². The van der Waals surface area contributed by atoms with Gasteiger partial charge in [-0.3, -0.25) is 19.2 Å². The summed E-state index contributed by atoms with van der Waals surface area (Å²) in [6.45, 7) is 0.150. The molecule has 1 aromatic heterocycles. The second-order valence-electron chi connectivity index (χ2n) is 9.08. The summed E-state index contributed by atoms with van der Waals surface area (Å²) in [7, 11) is 0. The molecule has 1 aliphatic rings. The van der Waals surface area contributed by atoms with Crippen molar-refractivity contribution in [2.45, 2.75) is 56.3 Å². The number of nitrogens with two attached hydrogens (primary N) is 2. The Kier molecular flexibility index (Phi) is 9.38. The molecule has 1 fully saturated rings. The fraction of sp³-hybridized carbons (Fsp3) is 0.417. The molecule has 14 heteroatoms. The Morgan fingerprint density at radius 1 is 1.08 bits per heavy atom. The Labute approximate surface area is 217 Å². The smallest absolute Gasteiger partial charge is 0.326 e. The lowest BCUT2D eigenvalue weighted by atomic mass is 10.0. The lowest BCUT2D eigenvalue weighted by Crippen LogP contribution is -2.58. The minimum Gasteiger partial charge on any atom is -0.508 e. The molecule has 0 aliphatic carbocycles. The number of aromatic hydroxyl groups is 1. The van der Waals surface area contributed by atoms with E-state index < -0.39 is 60.2 Å². The number of aliphatic carboxylic acids is 1. The number of hydrogen-bond acceptors (Lipinski definition) is 8. The van der Waals surface area contributed by atoms with Gasteiger partial charge >= 0.3 is 5.97 Å². The van der Waals surface area contributed by atoms with Gasteiger partial charge < -0.3 is 42.2 Å². The van der Waals surface area contributed by atoms with Crippen molar-refractivity contribution in [2.75, 3.05) is 6.54 Å². The van der Waals surface area contributed by atoms with Crippen LogP contribution in [0.4, 0.5) is 0 Å². The molecule has 1 aromatic carbocycles. The van der Waals surface area contributed by atoms with E-state index in [0.717, 1.165) is 4.90 Å². The van der Waals surface area contributed by atoms with Crippen molar-refractivity contribution in [3.05, 3.63) is 48.0 Å². The van der Waals surface area contributed by atoms with Crippen LogP contribution < -0.4 is 22.1 Å². The lowest BCUT2D eigenvalue weighted by molar-refractivity contribution is -0.149. The van der Waals surface area contributed by atoms with Crippen LogP contribution in [0.25, 0.3) is 0 Å². The van der Waals surface area contributed by atoms with Crippen molar-refractivity contribution in [3.8, 4) is 5.75 Å². The van der Waals surface area contributed by atoms with E-state index in [9.17, 15) is 34.2 Å². The normalized spacial score (nSPS) is 17.3. The summed E-state index contributed by atoms with van der Waals surface area (Å²) in [4.78, 5) is 70.4. The Morgan fingerprint density at radius 2 is 1.76 bits per heavy atom. The summed E-state index contributed by atoms with van der Waals surface area (Å²) in [5.41, 5.74) is 12.5. The highest BCUT2D eigenvalue weighted by Gasteiger charge is 2.39. The van der Waals surface area contributed by atoms with Crippen LogP contribution in [0, 0.1) is 0 Å². The predicted molar refractivity (Wildman–Crippen MR) is 132 cm³/mol. The minimum absolute atomic E-state index is 0.00563. The number of nitrogens with one attached hydrogen (secondary N) is 3. The first-order valence-electron chi connectivity index (χ1n) is 12.0. The maximum absolute atomic E-state index is 13.3. The van der Waals surface area contributed by atoms with Gasteiger partial charge in [-0.2, -0.15) is 0 Å². The third-order valence-electron chi connectivity index (χ3n) is 6.18. The van der Waals surface area contributed by atoms with Crippen LogP contribution in [0.1, 0.15) is 30.5 Å². The largest absolute Gasteiger partial charge is 0.508 e. The first kappa shape index (κ1) is 28.1. The first-order chi connectivity index (χ1) is 18.0. The molecule has 4 atom stereocenters. The number of carboxylic acids is 1. The second-order valence-corrected chi connectivity index (χ2v) is 9.08. The van der Waals surface area contributed by atoms with Gasteiger partial charge in [0.15, 0.2) is 0 Å². The molecule has 0 radical (unpaired) electrons. The van der Waals surface area contributed by atoms with Gasteiger partial charge in [-0.15, -0.1) is 0 Å². The molecule has 2 heterocycles. The van der Waals surface area contributed by atoms with Gasteiger partial charge in [-0.05, 0) is 30.5 Å². The van der Waals surface area contributed by atoms with E-state index in [1.54, 1.807) is 12.1 Å². The quantitative estimate of drug-likeness (QED) is 0.163.